The number of alkyl halides is 1. The van der Waals surface area contributed by atoms with E-state index >= 15 is 0 Å². The van der Waals surface area contributed by atoms with E-state index in [0.717, 1.165) is 5.56 Å². The van der Waals surface area contributed by atoms with Gasteiger partial charge in [-0.3, -0.25) is 4.79 Å². The van der Waals surface area contributed by atoms with Crippen LogP contribution in [-0.4, -0.2) is 34.7 Å². The van der Waals surface area contributed by atoms with Gasteiger partial charge in [0.25, 0.3) is 0 Å². The summed E-state index contributed by atoms with van der Waals surface area (Å²) in [5, 5.41) is 2.63. The van der Waals surface area contributed by atoms with Gasteiger partial charge < -0.3 is 15.6 Å². The highest BCUT2D eigenvalue weighted by Gasteiger charge is 2.30. The summed E-state index contributed by atoms with van der Waals surface area (Å²) in [6.07, 6.45) is 0.928. The van der Waals surface area contributed by atoms with Crippen molar-refractivity contribution in [1.82, 2.24) is 14.9 Å². The summed E-state index contributed by atoms with van der Waals surface area (Å²) in [5.74, 6) is 0.0844. The molecular weight excluding hydrogens is 398 g/mol. The van der Waals surface area contributed by atoms with E-state index in [1.54, 1.807) is 26.0 Å². The lowest BCUT2D eigenvalue weighted by molar-refractivity contribution is -0.129. The number of carbonyl (C=O) groups excluding carboxylic acids is 1. The number of carbonyl (C=O) groups is 1. The molecule has 3 rings (SSSR count). The predicted octanol–water partition coefficient (Wildman–Crippen LogP) is 3.72. The lowest BCUT2D eigenvalue weighted by Crippen LogP contribution is -2.42. The lowest BCUT2D eigenvalue weighted by atomic mass is 9.87. The van der Waals surface area contributed by atoms with Crippen LogP contribution < -0.4 is 11.1 Å². The number of aromatic nitrogens is 2. The first kappa shape index (κ1) is 22.6. The van der Waals surface area contributed by atoms with Crippen LogP contribution in [0.3, 0.4) is 0 Å². The van der Waals surface area contributed by atoms with Crippen molar-refractivity contribution in [1.29, 1.82) is 0 Å². The molecule has 1 aromatic heterocycles. The van der Waals surface area contributed by atoms with E-state index in [1.165, 1.54) is 12.1 Å². The van der Waals surface area contributed by atoms with E-state index in [-0.39, 0.29) is 24.8 Å². The molecule has 7 heteroatoms. The van der Waals surface area contributed by atoms with Crippen LogP contribution in [0.4, 0.5) is 8.78 Å². The number of nitrogens with zero attached hydrogens (tertiary/aromatic N) is 2. The molecular formula is C24H28F2N4O. The maximum Gasteiger partial charge on any atom is 0.226 e. The van der Waals surface area contributed by atoms with E-state index in [1.807, 2.05) is 41.1 Å². The van der Waals surface area contributed by atoms with Crippen molar-refractivity contribution in [2.24, 2.45) is 11.1 Å². The summed E-state index contributed by atoms with van der Waals surface area (Å²) in [6.45, 7) is 3.89. The van der Waals surface area contributed by atoms with Crippen LogP contribution in [0, 0.1) is 11.2 Å². The third-order valence-electron chi connectivity index (χ3n) is 5.13. The van der Waals surface area contributed by atoms with Crippen molar-refractivity contribution >= 4 is 5.91 Å². The summed E-state index contributed by atoms with van der Waals surface area (Å²) >= 11 is 0. The molecule has 1 heterocycles. The molecule has 0 fully saturated rings. The Morgan fingerprint density at radius 1 is 1.19 bits per heavy atom. The molecule has 3 aromatic rings. The second-order valence-corrected chi connectivity index (χ2v) is 8.27. The van der Waals surface area contributed by atoms with Gasteiger partial charge in [0.15, 0.2) is 0 Å². The zero-order chi connectivity index (χ0) is 22.4. The van der Waals surface area contributed by atoms with Gasteiger partial charge in [-0.25, -0.2) is 13.8 Å². The van der Waals surface area contributed by atoms with E-state index in [9.17, 15) is 13.6 Å². The molecule has 0 saturated heterocycles. The summed E-state index contributed by atoms with van der Waals surface area (Å²) < 4.78 is 29.2. The van der Waals surface area contributed by atoms with Crippen molar-refractivity contribution in [3.8, 4) is 11.3 Å². The number of nitrogens with two attached hydrogens (primary N) is 1. The van der Waals surface area contributed by atoms with E-state index < -0.39 is 11.6 Å². The zero-order valence-electron chi connectivity index (χ0n) is 17.8. The van der Waals surface area contributed by atoms with Gasteiger partial charge in [0.2, 0.25) is 5.91 Å². The summed E-state index contributed by atoms with van der Waals surface area (Å²) in [4.78, 5) is 17.4. The van der Waals surface area contributed by atoms with E-state index in [4.69, 9.17) is 10.7 Å². The number of benzene rings is 2. The van der Waals surface area contributed by atoms with Crippen LogP contribution in [0.2, 0.25) is 0 Å². The van der Waals surface area contributed by atoms with Crippen molar-refractivity contribution in [3.05, 3.63) is 78.0 Å². The fourth-order valence-electron chi connectivity index (χ4n) is 3.30. The molecule has 3 N–H and O–H groups in total. The first-order valence-electron chi connectivity index (χ1n) is 10.3. The van der Waals surface area contributed by atoms with Gasteiger partial charge in [-0.1, -0.05) is 56.3 Å². The largest absolute Gasteiger partial charge is 0.353 e. The molecule has 1 amide bonds. The highest BCUT2D eigenvalue weighted by Crippen LogP contribution is 2.26. The Bertz CT molecular complexity index is 1020. The number of halogens is 2. The topological polar surface area (TPSA) is 72.9 Å². The minimum Gasteiger partial charge on any atom is -0.353 e. The van der Waals surface area contributed by atoms with Crippen molar-refractivity contribution in [2.45, 2.75) is 33.0 Å². The van der Waals surface area contributed by atoms with Gasteiger partial charge in [0.1, 0.15) is 17.8 Å². The van der Waals surface area contributed by atoms with Gasteiger partial charge in [-0.15, -0.1) is 0 Å². The Kier molecular flexibility index (Phi) is 7.17. The Hall–Kier alpha value is -3.06. The molecule has 0 unspecified atom stereocenters. The Morgan fingerprint density at radius 2 is 1.94 bits per heavy atom. The van der Waals surface area contributed by atoms with Crippen LogP contribution in [0.15, 0.2) is 60.8 Å². The molecule has 0 radical (unpaired) electrons. The van der Waals surface area contributed by atoms with Gasteiger partial charge in [0.05, 0.1) is 17.7 Å². The number of amides is 1. The van der Waals surface area contributed by atoms with Crippen LogP contribution >= 0.6 is 0 Å². The number of hydrogen-bond donors (Lipinski definition) is 2. The molecule has 0 saturated carbocycles. The normalized spacial score (nSPS) is 12.5. The fourth-order valence-corrected chi connectivity index (χ4v) is 3.30. The molecule has 164 valence electrons. The average molecular weight is 427 g/mol. The third-order valence-corrected chi connectivity index (χ3v) is 5.13. The molecule has 2 aromatic carbocycles. The minimum absolute atomic E-state index is 0.119. The Balaban J connectivity index is 1.88. The smallest absolute Gasteiger partial charge is 0.226 e. The fraction of sp³-hybridized carbons (Fsp3) is 0.333. The maximum absolute atomic E-state index is 13.7. The SMILES string of the molecule is CC(C)(Cc1nc(-c2cccc(F)c2)cn1Cc1ccccc1)C(=O)NC[C@H](F)CN. The average Bonchev–Trinajstić information content (AvgIpc) is 3.14. The molecule has 31 heavy (non-hydrogen) atoms. The first-order chi connectivity index (χ1) is 14.8. The first-order valence-corrected chi connectivity index (χ1v) is 10.3. The van der Waals surface area contributed by atoms with Crippen LogP contribution in [0.1, 0.15) is 25.2 Å². The molecule has 1 atom stereocenters. The number of imidazole rings is 1. The standard InChI is InChI=1S/C24H28F2N4O/c1-24(2,23(31)28-14-20(26)13-27)12-22-29-21(18-9-6-10-19(25)11-18)16-30(22)15-17-7-4-3-5-8-17/h3-11,16,20H,12-15,27H2,1-2H3,(H,28,31)/t20-/m1/s1. The van der Waals surface area contributed by atoms with Crippen LogP contribution in [-0.2, 0) is 17.8 Å². The number of hydrogen-bond acceptors (Lipinski definition) is 3. The van der Waals surface area contributed by atoms with Gasteiger partial charge >= 0.3 is 0 Å². The second kappa shape index (κ2) is 9.83. The van der Waals surface area contributed by atoms with E-state index in [0.29, 0.717) is 30.0 Å². The Morgan fingerprint density at radius 3 is 2.61 bits per heavy atom. The quantitative estimate of drug-likeness (QED) is 0.548. The third kappa shape index (κ3) is 5.98. The number of rotatable bonds is 9. The minimum atomic E-state index is -1.28. The molecule has 0 bridgehead atoms. The number of nitrogens with one attached hydrogen (secondary N) is 1. The summed E-state index contributed by atoms with van der Waals surface area (Å²) in [7, 11) is 0. The van der Waals surface area contributed by atoms with Gasteiger partial charge in [0, 0.05) is 31.3 Å². The zero-order valence-corrected chi connectivity index (χ0v) is 17.8. The van der Waals surface area contributed by atoms with E-state index in [2.05, 4.69) is 5.32 Å². The van der Waals surface area contributed by atoms with Crippen molar-refractivity contribution < 1.29 is 13.6 Å². The van der Waals surface area contributed by atoms with Gasteiger partial charge in [-0.05, 0) is 17.7 Å². The lowest BCUT2D eigenvalue weighted by Gasteiger charge is -2.24. The van der Waals surface area contributed by atoms with Gasteiger partial charge in [-0.2, -0.15) is 0 Å². The predicted molar refractivity (Wildman–Crippen MR) is 118 cm³/mol. The molecule has 0 spiro atoms. The van der Waals surface area contributed by atoms with Crippen molar-refractivity contribution in [3.63, 3.8) is 0 Å². The highest BCUT2D eigenvalue weighted by atomic mass is 19.1. The summed E-state index contributed by atoms with van der Waals surface area (Å²) in [6, 6.07) is 16.2. The molecule has 0 aliphatic rings. The van der Waals surface area contributed by atoms with Crippen molar-refractivity contribution in [2.75, 3.05) is 13.1 Å². The Labute approximate surface area is 181 Å². The molecule has 0 aliphatic heterocycles. The maximum atomic E-state index is 13.7. The highest BCUT2D eigenvalue weighted by molar-refractivity contribution is 5.82. The monoisotopic (exact) mass is 426 g/mol. The van der Waals surface area contributed by atoms with Crippen LogP contribution in [0.25, 0.3) is 11.3 Å². The van der Waals surface area contributed by atoms with Crippen LogP contribution in [0.5, 0.6) is 0 Å². The second-order valence-electron chi connectivity index (χ2n) is 8.27. The summed E-state index contributed by atoms with van der Waals surface area (Å²) in [5.41, 5.74) is 6.84. The molecule has 0 aliphatic carbocycles. The molecule has 5 nitrogen and oxygen atoms in total.